The number of anilines is 1. The topological polar surface area (TPSA) is 129 Å². The maximum Gasteiger partial charge on any atom is 0.261 e. The van der Waals surface area contributed by atoms with Crippen LogP contribution in [-0.4, -0.2) is 54.8 Å². The number of nitrogens with two attached hydrogens (primary N) is 1. The highest BCUT2D eigenvalue weighted by Crippen LogP contribution is 2.50. The Hall–Kier alpha value is -4.15. The Morgan fingerprint density at radius 3 is 2.60 bits per heavy atom. The van der Waals surface area contributed by atoms with Gasteiger partial charge in [-0.2, -0.15) is 19.5 Å². The number of halogens is 1. The molecule has 5 rings (SSSR count). The average molecular weight is 477 g/mol. The first kappa shape index (κ1) is 22.6. The van der Waals surface area contributed by atoms with Crippen LogP contribution in [0.25, 0.3) is 22.6 Å². The number of benzene rings is 1. The summed E-state index contributed by atoms with van der Waals surface area (Å²) in [5, 5.41) is 8.55. The second-order valence-electron chi connectivity index (χ2n) is 9.12. The fraction of sp³-hybridized carbons (Fsp3) is 0.333. The summed E-state index contributed by atoms with van der Waals surface area (Å²) >= 11 is 0. The Morgan fingerprint density at radius 1 is 1.20 bits per heavy atom. The first-order chi connectivity index (χ1) is 16.8. The monoisotopic (exact) mass is 476 g/mol. The summed E-state index contributed by atoms with van der Waals surface area (Å²) in [6, 6.07) is 7.57. The number of carbonyl (C=O) groups is 1. The molecular weight excluding hydrogens is 451 g/mol. The third-order valence-electron chi connectivity index (χ3n) is 6.52. The summed E-state index contributed by atoms with van der Waals surface area (Å²) in [4.78, 5) is 25.7. The van der Waals surface area contributed by atoms with E-state index in [0.717, 1.165) is 18.4 Å². The first-order valence-corrected chi connectivity index (χ1v) is 11.2. The van der Waals surface area contributed by atoms with Gasteiger partial charge in [0, 0.05) is 26.5 Å². The molecule has 0 aliphatic heterocycles. The van der Waals surface area contributed by atoms with E-state index in [2.05, 4.69) is 27.1 Å². The zero-order valence-corrected chi connectivity index (χ0v) is 19.6. The molecule has 4 aromatic rings. The largest absolute Gasteiger partial charge is 0.368 e. The number of aromatic nitrogens is 6. The van der Waals surface area contributed by atoms with Crippen molar-refractivity contribution in [2.75, 3.05) is 19.8 Å². The highest BCUT2D eigenvalue weighted by atomic mass is 19.1. The molecule has 1 saturated carbocycles. The maximum absolute atomic E-state index is 14.3. The van der Waals surface area contributed by atoms with Crippen LogP contribution >= 0.6 is 0 Å². The number of nitrogens with zero attached hydrogens (tertiary/aromatic N) is 7. The molecule has 10 nitrogen and oxygen atoms in total. The first-order valence-electron chi connectivity index (χ1n) is 11.2. The molecule has 1 fully saturated rings. The Labute approximate surface area is 201 Å². The number of likely N-dealkylation sites (N-methyl/N-ethyl adjacent to an activating group) is 1. The van der Waals surface area contributed by atoms with Crippen LogP contribution in [0.5, 0.6) is 0 Å². The van der Waals surface area contributed by atoms with Gasteiger partial charge in [-0.1, -0.05) is 29.4 Å². The van der Waals surface area contributed by atoms with E-state index in [0.29, 0.717) is 28.8 Å². The molecule has 0 radical (unpaired) electrons. The second kappa shape index (κ2) is 8.57. The molecular formula is C24H25FN8O2. The van der Waals surface area contributed by atoms with Crippen LogP contribution in [0.2, 0.25) is 0 Å². The van der Waals surface area contributed by atoms with Crippen LogP contribution in [0.3, 0.4) is 0 Å². The normalized spacial score (nSPS) is 15.1. The van der Waals surface area contributed by atoms with Crippen molar-refractivity contribution in [2.24, 2.45) is 5.92 Å². The van der Waals surface area contributed by atoms with Gasteiger partial charge in [0.25, 0.3) is 5.89 Å². The van der Waals surface area contributed by atoms with Crippen molar-refractivity contribution >= 4 is 11.9 Å². The van der Waals surface area contributed by atoms with Crippen LogP contribution < -0.4 is 5.73 Å². The molecule has 1 aliphatic carbocycles. The molecule has 0 spiro atoms. The van der Waals surface area contributed by atoms with Crippen LogP contribution in [0.1, 0.15) is 31.2 Å². The van der Waals surface area contributed by atoms with Crippen molar-refractivity contribution in [3.63, 3.8) is 0 Å². The van der Waals surface area contributed by atoms with E-state index < -0.39 is 11.4 Å². The van der Waals surface area contributed by atoms with Crippen molar-refractivity contribution in [1.29, 1.82) is 0 Å². The number of carbonyl (C=O) groups excluding carboxylic acids is 1. The van der Waals surface area contributed by atoms with E-state index in [1.54, 1.807) is 31.2 Å². The predicted octanol–water partition coefficient (Wildman–Crippen LogP) is 2.92. The van der Waals surface area contributed by atoms with E-state index >= 15 is 0 Å². The van der Waals surface area contributed by atoms with Crippen molar-refractivity contribution in [3.8, 4) is 22.6 Å². The molecule has 3 heterocycles. The second-order valence-corrected chi connectivity index (χ2v) is 9.12. The van der Waals surface area contributed by atoms with Crippen molar-refractivity contribution < 1.29 is 13.7 Å². The van der Waals surface area contributed by atoms with Gasteiger partial charge in [0.05, 0.1) is 22.7 Å². The minimum Gasteiger partial charge on any atom is -0.368 e. The van der Waals surface area contributed by atoms with E-state index in [4.69, 9.17) is 15.2 Å². The quantitative estimate of drug-likeness (QED) is 0.403. The van der Waals surface area contributed by atoms with E-state index in [1.165, 1.54) is 11.1 Å². The lowest BCUT2D eigenvalue weighted by molar-refractivity contribution is -0.129. The fourth-order valence-electron chi connectivity index (χ4n) is 4.16. The summed E-state index contributed by atoms with van der Waals surface area (Å²) in [5.74, 6) is 0.435. The molecule has 0 saturated heterocycles. The number of amides is 1. The average Bonchev–Trinajstić information content (AvgIpc) is 3.39. The van der Waals surface area contributed by atoms with Crippen LogP contribution in [0.4, 0.5) is 10.3 Å². The molecule has 1 atom stereocenters. The highest BCUT2D eigenvalue weighted by Gasteiger charge is 2.47. The lowest BCUT2D eigenvalue weighted by atomic mass is 9.76. The Balaban J connectivity index is 1.42. The highest BCUT2D eigenvalue weighted by molar-refractivity contribution is 5.75. The van der Waals surface area contributed by atoms with E-state index in [1.807, 2.05) is 24.3 Å². The number of rotatable bonds is 7. The Morgan fingerprint density at radius 2 is 1.94 bits per heavy atom. The number of nitrogen functional groups attached to an aromatic ring is 1. The molecule has 35 heavy (non-hydrogen) atoms. The van der Waals surface area contributed by atoms with Gasteiger partial charge in [-0.15, -0.1) is 0 Å². The summed E-state index contributed by atoms with van der Waals surface area (Å²) in [6.07, 6.45) is 6.79. The lowest BCUT2D eigenvalue weighted by Crippen LogP contribution is -2.28. The van der Waals surface area contributed by atoms with E-state index in [9.17, 15) is 9.18 Å². The molecule has 0 bridgehead atoms. The van der Waals surface area contributed by atoms with Crippen LogP contribution in [0.15, 0.2) is 47.4 Å². The maximum atomic E-state index is 14.3. The minimum atomic E-state index is -0.661. The van der Waals surface area contributed by atoms with Crippen LogP contribution in [-0.2, 0) is 16.8 Å². The minimum absolute atomic E-state index is 0.0685. The standard InChI is InChI=1S/C24H25FN8O2/c1-24(17-8-9-17,16-6-4-14(5-7-16)18-11-27-23(26)29-20(18)25)22-30-21(35-31-22)15-10-28-33(12-15)13-19(34)32(2)3/h4-7,10-12,17H,8-9,13H2,1-3H3,(H2,26,27,29). The Kier molecular flexibility index (Phi) is 5.54. The third kappa shape index (κ3) is 4.25. The van der Waals surface area contributed by atoms with Gasteiger partial charge in [0.2, 0.25) is 17.8 Å². The van der Waals surface area contributed by atoms with Gasteiger partial charge in [-0.25, -0.2) is 4.98 Å². The van der Waals surface area contributed by atoms with Gasteiger partial charge in [0.1, 0.15) is 6.54 Å². The summed E-state index contributed by atoms with van der Waals surface area (Å²) in [7, 11) is 3.39. The van der Waals surface area contributed by atoms with Gasteiger partial charge in [0.15, 0.2) is 5.82 Å². The van der Waals surface area contributed by atoms with Crippen molar-refractivity contribution in [2.45, 2.75) is 31.7 Å². The van der Waals surface area contributed by atoms with Crippen LogP contribution in [0, 0.1) is 11.9 Å². The van der Waals surface area contributed by atoms with Crippen molar-refractivity contribution in [3.05, 3.63) is 60.2 Å². The lowest BCUT2D eigenvalue weighted by Gasteiger charge is -2.27. The zero-order valence-electron chi connectivity index (χ0n) is 19.6. The Bertz CT molecular complexity index is 1380. The summed E-state index contributed by atoms with van der Waals surface area (Å²) < 4.78 is 21.4. The van der Waals surface area contributed by atoms with Gasteiger partial charge < -0.3 is 15.2 Å². The SMILES string of the molecule is CN(C)C(=O)Cn1cc(-c2nc(C(C)(c3ccc(-c4cnc(N)nc4F)cc3)C3CC3)no2)cn1. The fourth-order valence-corrected chi connectivity index (χ4v) is 4.16. The van der Waals surface area contributed by atoms with E-state index in [-0.39, 0.29) is 24.0 Å². The molecule has 1 unspecified atom stereocenters. The third-order valence-corrected chi connectivity index (χ3v) is 6.52. The zero-order chi connectivity index (χ0) is 24.7. The predicted molar refractivity (Wildman–Crippen MR) is 125 cm³/mol. The molecule has 2 N–H and O–H groups in total. The van der Waals surface area contributed by atoms with Gasteiger partial charge in [-0.3, -0.25) is 9.48 Å². The molecule has 1 amide bonds. The summed E-state index contributed by atoms with van der Waals surface area (Å²) in [6.45, 7) is 2.22. The molecule has 3 aromatic heterocycles. The van der Waals surface area contributed by atoms with Gasteiger partial charge in [-0.05, 0) is 36.8 Å². The molecule has 1 aromatic carbocycles. The number of hydrogen-bond donors (Lipinski definition) is 1. The molecule has 180 valence electrons. The smallest absolute Gasteiger partial charge is 0.261 e. The molecule has 1 aliphatic rings. The van der Waals surface area contributed by atoms with Crippen molar-refractivity contribution in [1.82, 2.24) is 34.8 Å². The number of hydrogen-bond acceptors (Lipinski definition) is 8. The summed E-state index contributed by atoms with van der Waals surface area (Å²) in [5.41, 5.74) is 7.56. The van der Waals surface area contributed by atoms with Gasteiger partial charge >= 0.3 is 0 Å². The molecule has 11 heteroatoms.